The van der Waals surface area contributed by atoms with Gasteiger partial charge in [-0.25, -0.2) is 5.43 Å². The number of halogens is 1. The van der Waals surface area contributed by atoms with Crippen molar-refractivity contribution < 1.29 is 0 Å². The molecular formula is C10H13ClN2. The normalized spacial score (nSPS) is 12.5. The number of hydrazine groups is 1. The standard InChI is InChI=1S/C10H13ClN2/c1-3-10(13-12)8-4-7(2)5-9(11)6-8/h3-6,10,13H,1,12H2,2H3. The second-order valence-electron chi connectivity index (χ2n) is 2.94. The summed E-state index contributed by atoms with van der Waals surface area (Å²) in [6, 6.07) is 5.76. The van der Waals surface area contributed by atoms with E-state index in [1.165, 1.54) is 0 Å². The van der Waals surface area contributed by atoms with E-state index in [1.807, 2.05) is 25.1 Å². The second-order valence-corrected chi connectivity index (χ2v) is 3.38. The quantitative estimate of drug-likeness (QED) is 0.443. The van der Waals surface area contributed by atoms with Gasteiger partial charge in [0, 0.05) is 5.02 Å². The molecule has 0 aliphatic heterocycles. The Kier molecular flexibility index (Phi) is 3.48. The number of benzene rings is 1. The van der Waals surface area contributed by atoms with Gasteiger partial charge in [-0.3, -0.25) is 5.84 Å². The minimum absolute atomic E-state index is 0.0441. The molecule has 1 aromatic rings. The van der Waals surface area contributed by atoms with Gasteiger partial charge < -0.3 is 0 Å². The second kappa shape index (κ2) is 4.42. The first-order valence-corrected chi connectivity index (χ1v) is 4.41. The van der Waals surface area contributed by atoms with Crippen LogP contribution in [0.25, 0.3) is 0 Å². The summed E-state index contributed by atoms with van der Waals surface area (Å²) in [5.74, 6) is 5.35. The van der Waals surface area contributed by atoms with Gasteiger partial charge in [0.05, 0.1) is 6.04 Å². The van der Waals surface area contributed by atoms with Gasteiger partial charge in [0.15, 0.2) is 0 Å². The van der Waals surface area contributed by atoms with E-state index in [9.17, 15) is 0 Å². The van der Waals surface area contributed by atoms with Crippen LogP contribution in [0.3, 0.4) is 0 Å². The fourth-order valence-corrected chi connectivity index (χ4v) is 1.54. The highest BCUT2D eigenvalue weighted by Crippen LogP contribution is 2.20. The molecule has 1 unspecified atom stereocenters. The van der Waals surface area contributed by atoms with Crippen LogP contribution in [0.4, 0.5) is 0 Å². The Morgan fingerprint density at radius 1 is 1.54 bits per heavy atom. The summed E-state index contributed by atoms with van der Waals surface area (Å²) in [5, 5.41) is 0.720. The fourth-order valence-electron chi connectivity index (χ4n) is 1.24. The van der Waals surface area contributed by atoms with E-state index >= 15 is 0 Å². The van der Waals surface area contributed by atoms with Crippen molar-refractivity contribution >= 4 is 11.6 Å². The van der Waals surface area contributed by atoms with Gasteiger partial charge in [-0.15, -0.1) is 6.58 Å². The highest BCUT2D eigenvalue weighted by atomic mass is 35.5. The average Bonchev–Trinajstić information content (AvgIpc) is 2.04. The molecule has 3 heteroatoms. The summed E-state index contributed by atoms with van der Waals surface area (Å²) in [6.07, 6.45) is 1.74. The number of nitrogens with one attached hydrogen (secondary N) is 1. The van der Waals surface area contributed by atoms with Crippen LogP contribution in [-0.2, 0) is 0 Å². The number of aryl methyl sites for hydroxylation is 1. The van der Waals surface area contributed by atoms with E-state index in [2.05, 4.69) is 12.0 Å². The molecule has 0 aromatic heterocycles. The Morgan fingerprint density at radius 3 is 2.69 bits per heavy atom. The van der Waals surface area contributed by atoms with Crippen LogP contribution in [0.15, 0.2) is 30.9 Å². The zero-order valence-corrected chi connectivity index (χ0v) is 8.31. The summed E-state index contributed by atoms with van der Waals surface area (Å²) in [5.41, 5.74) is 4.79. The number of nitrogens with two attached hydrogens (primary N) is 1. The van der Waals surface area contributed by atoms with Crippen molar-refractivity contribution in [2.45, 2.75) is 13.0 Å². The smallest absolute Gasteiger partial charge is 0.0638 e. The lowest BCUT2D eigenvalue weighted by Crippen LogP contribution is -2.26. The molecule has 2 nitrogen and oxygen atoms in total. The third kappa shape index (κ3) is 2.56. The summed E-state index contributed by atoms with van der Waals surface area (Å²) in [7, 11) is 0. The van der Waals surface area contributed by atoms with E-state index in [0.717, 1.165) is 16.1 Å². The van der Waals surface area contributed by atoms with Crippen molar-refractivity contribution in [3.8, 4) is 0 Å². The molecule has 0 bridgehead atoms. The van der Waals surface area contributed by atoms with Gasteiger partial charge in [-0.2, -0.15) is 0 Å². The molecule has 0 fully saturated rings. The van der Waals surface area contributed by atoms with Crippen molar-refractivity contribution in [3.05, 3.63) is 47.0 Å². The monoisotopic (exact) mass is 196 g/mol. The molecule has 13 heavy (non-hydrogen) atoms. The van der Waals surface area contributed by atoms with Crippen LogP contribution in [-0.4, -0.2) is 0 Å². The molecule has 0 saturated heterocycles. The third-order valence-corrected chi connectivity index (χ3v) is 2.06. The Balaban J connectivity index is 3.05. The lowest BCUT2D eigenvalue weighted by Gasteiger charge is -2.12. The van der Waals surface area contributed by atoms with Crippen molar-refractivity contribution in [2.24, 2.45) is 5.84 Å². The molecular weight excluding hydrogens is 184 g/mol. The molecule has 0 heterocycles. The number of hydrogen-bond donors (Lipinski definition) is 2. The minimum Gasteiger partial charge on any atom is -0.271 e. The molecule has 0 aliphatic carbocycles. The highest BCUT2D eigenvalue weighted by molar-refractivity contribution is 6.30. The Hall–Kier alpha value is -0.830. The van der Waals surface area contributed by atoms with Gasteiger partial charge in [0.1, 0.15) is 0 Å². The first-order valence-electron chi connectivity index (χ1n) is 4.03. The molecule has 0 saturated carbocycles. The predicted octanol–water partition coefficient (Wildman–Crippen LogP) is 2.34. The van der Waals surface area contributed by atoms with Gasteiger partial charge in [0.25, 0.3) is 0 Å². The van der Waals surface area contributed by atoms with E-state index in [4.69, 9.17) is 17.4 Å². The van der Waals surface area contributed by atoms with Crippen LogP contribution in [0.5, 0.6) is 0 Å². The molecule has 0 aliphatic rings. The van der Waals surface area contributed by atoms with Crippen LogP contribution < -0.4 is 11.3 Å². The maximum Gasteiger partial charge on any atom is 0.0638 e. The molecule has 1 atom stereocenters. The topological polar surface area (TPSA) is 38.0 Å². The first-order chi connectivity index (χ1) is 6.17. The molecule has 3 N–H and O–H groups in total. The maximum atomic E-state index is 5.91. The van der Waals surface area contributed by atoms with Crippen molar-refractivity contribution in [3.63, 3.8) is 0 Å². The molecule has 1 aromatic carbocycles. The maximum absolute atomic E-state index is 5.91. The SMILES string of the molecule is C=CC(NN)c1cc(C)cc(Cl)c1. The third-order valence-electron chi connectivity index (χ3n) is 1.84. The summed E-state index contributed by atoms with van der Waals surface area (Å²) in [6.45, 7) is 5.67. The van der Waals surface area contributed by atoms with Crippen molar-refractivity contribution in [2.75, 3.05) is 0 Å². The first kappa shape index (κ1) is 10.3. The lowest BCUT2D eigenvalue weighted by atomic mass is 10.1. The molecule has 70 valence electrons. The summed E-state index contributed by atoms with van der Waals surface area (Å²) < 4.78 is 0. The molecule has 0 spiro atoms. The van der Waals surface area contributed by atoms with Crippen LogP contribution in [0, 0.1) is 6.92 Å². The lowest BCUT2D eigenvalue weighted by molar-refractivity contribution is 0.656. The van der Waals surface area contributed by atoms with Gasteiger partial charge in [0.2, 0.25) is 0 Å². The van der Waals surface area contributed by atoms with Crippen molar-refractivity contribution in [1.29, 1.82) is 0 Å². The fraction of sp³-hybridized carbons (Fsp3) is 0.200. The largest absolute Gasteiger partial charge is 0.271 e. The van der Waals surface area contributed by atoms with Crippen LogP contribution >= 0.6 is 11.6 Å². The Bertz CT molecular complexity index is 290. The van der Waals surface area contributed by atoms with Crippen LogP contribution in [0.2, 0.25) is 5.02 Å². The predicted molar refractivity (Wildman–Crippen MR) is 56.5 cm³/mol. The van der Waals surface area contributed by atoms with E-state index in [0.29, 0.717) is 0 Å². The molecule has 0 amide bonds. The number of hydrogen-bond acceptors (Lipinski definition) is 2. The Morgan fingerprint density at radius 2 is 2.23 bits per heavy atom. The van der Waals surface area contributed by atoms with E-state index < -0.39 is 0 Å². The highest BCUT2D eigenvalue weighted by Gasteiger charge is 2.05. The van der Waals surface area contributed by atoms with Gasteiger partial charge in [-0.05, 0) is 30.2 Å². The minimum atomic E-state index is -0.0441. The summed E-state index contributed by atoms with van der Waals surface area (Å²) in [4.78, 5) is 0. The molecule has 1 rings (SSSR count). The van der Waals surface area contributed by atoms with Crippen LogP contribution in [0.1, 0.15) is 17.2 Å². The van der Waals surface area contributed by atoms with E-state index in [1.54, 1.807) is 6.08 Å². The average molecular weight is 197 g/mol. The van der Waals surface area contributed by atoms with E-state index in [-0.39, 0.29) is 6.04 Å². The Labute approximate surface area is 83.4 Å². The van der Waals surface area contributed by atoms with Gasteiger partial charge >= 0.3 is 0 Å². The summed E-state index contributed by atoms with van der Waals surface area (Å²) >= 11 is 5.91. The zero-order chi connectivity index (χ0) is 9.84. The zero-order valence-electron chi connectivity index (χ0n) is 7.55. The molecule has 0 radical (unpaired) electrons. The number of rotatable bonds is 3. The van der Waals surface area contributed by atoms with Gasteiger partial charge in [-0.1, -0.05) is 23.7 Å². The van der Waals surface area contributed by atoms with Crippen molar-refractivity contribution in [1.82, 2.24) is 5.43 Å².